The van der Waals surface area contributed by atoms with Crippen molar-refractivity contribution in [3.05, 3.63) is 29.6 Å². The molecule has 78 valence electrons. The smallest absolute Gasteiger partial charge is 0.186 e. The summed E-state index contributed by atoms with van der Waals surface area (Å²) in [5, 5.41) is 5.23. The fraction of sp³-hybridized carbons (Fsp3) is 0.250. The molecular weight excluding hydrogens is 234 g/mol. The summed E-state index contributed by atoms with van der Waals surface area (Å²) in [5.41, 5.74) is 0.868. The molecule has 0 N–H and O–H groups in total. The molecule has 0 aromatic carbocycles. The van der Waals surface area contributed by atoms with Gasteiger partial charge in [0.05, 0.1) is 18.1 Å². The average molecular weight is 242 g/mol. The molecule has 15 heavy (non-hydrogen) atoms. The van der Waals surface area contributed by atoms with Gasteiger partial charge in [-0.25, -0.2) is 14.6 Å². The van der Waals surface area contributed by atoms with Crippen LogP contribution in [0.4, 0.5) is 0 Å². The van der Waals surface area contributed by atoms with Gasteiger partial charge in [-0.3, -0.25) is 4.98 Å². The van der Waals surface area contributed by atoms with Gasteiger partial charge in [0.1, 0.15) is 11.5 Å². The molecule has 0 radical (unpaired) electrons. The van der Waals surface area contributed by atoms with Crippen LogP contribution in [0.3, 0.4) is 0 Å². The number of hydrogen-bond donors (Lipinski definition) is 0. The Morgan fingerprint density at radius 3 is 2.80 bits per heavy atom. The van der Waals surface area contributed by atoms with Crippen molar-refractivity contribution >= 4 is 23.4 Å². The van der Waals surface area contributed by atoms with Gasteiger partial charge in [-0.05, 0) is 0 Å². The van der Waals surface area contributed by atoms with E-state index in [0.29, 0.717) is 10.9 Å². The van der Waals surface area contributed by atoms with E-state index in [1.54, 1.807) is 22.6 Å². The second-order valence-corrected chi connectivity index (χ2v) is 4.12. The van der Waals surface area contributed by atoms with Gasteiger partial charge < -0.3 is 0 Å². The van der Waals surface area contributed by atoms with E-state index in [2.05, 4.69) is 20.1 Å². The van der Waals surface area contributed by atoms with E-state index >= 15 is 0 Å². The molecule has 2 rings (SSSR count). The Hall–Kier alpha value is -1.14. The minimum atomic E-state index is 0.405. The van der Waals surface area contributed by atoms with Crippen LogP contribution in [0.5, 0.6) is 0 Å². The Morgan fingerprint density at radius 1 is 1.33 bits per heavy atom. The Kier molecular flexibility index (Phi) is 3.17. The Labute approximate surface area is 95.9 Å². The quantitative estimate of drug-likeness (QED) is 0.764. The summed E-state index contributed by atoms with van der Waals surface area (Å²) < 4.78 is 1.72. The van der Waals surface area contributed by atoms with E-state index in [4.69, 9.17) is 11.6 Å². The lowest BCUT2D eigenvalue weighted by molar-refractivity contribution is 0.685. The van der Waals surface area contributed by atoms with Gasteiger partial charge in [0.2, 0.25) is 0 Å². The number of hydrogen-bond acceptors (Lipinski definition) is 5. The molecule has 5 nitrogen and oxygen atoms in total. The molecule has 0 aliphatic carbocycles. The summed E-state index contributed by atoms with van der Waals surface area (Å²) in [6, 6.07) is 0. The van der Waals surface area contributed by atoms with E-state index in [1.165, 1.54) is 12.5 Å². The highest BCUT2D eigenvalue weighted by Gasteiger charge is 2.02. The third-order valence-electron chi connectivity index (χ3n) is 1.69. The number of halogens is 1. The van der Waals surface area contributed by atoms with Crippen molar-refractivity contribution in [1.29, 1.82) is 0 Å². The summed E-state index contributed by atoms with van der Waals surface area (Å²) >= 11 is 7.19. The summed E-state index contributed by atoms with van der Waals surface area (Å²) in [6.07, 6.45) is 4.72. The van der Waals surface area contributed by atoms with E-state index < -0.39 is 0 Å². The molecule has 2 aromatic rings. The van der Waals surface area contributed by atoms with Crippen molar-refractivity contribution in [2.45, 2.75) is 10.9 Å². The summed E-state index contributed by atoms with van der Waals surface area (Å²) in [5.74, 6) is 0.705. The predicted octanol–water partition coefficient (Wildman–Crippen LogP) is 1.55. The van der Waals surface area contributed by atoms with Crippen molar-refractivity contribution in [2.75, 3.05) is 0 Å². The van der Waals surface area contributed by atoms with Crippen molar-refractivity contribution in [3.8, 4) is 0 Å². The van der Waals surface area contributed by atoms with Gasteiger partial charge in [-0.1, -0.05) is 23.4 Å². The van der Waals surface area contributed by atoms with E-state index in [9.17, 15) is 0 Å². The molecule has 0 saturated heterocycles. The zero-order chi connectivity index (χ0) is 10.7. The maximum Gasteiger partial charge on any atom is 0.186 e. The zero-order valence-corrected chi connectivity index (χ0v) is 9.53. The van der Waals surface area contributed by atoms with Crippen molar-refractivity contribution in [1.82, 2.24) is 24.7 Å². The van der Waals surface area contributed by atoms with Gasteiger partial charge in [0.15, 0.2) is 5.16 Å². The molecule has 2 aromatic heterocycles. The minimum absolute atomic E-state index is 0.405. The lowest BCUT2D eigenvalue weighted by atomic mass is 10.5. The monoisotopic (exact) mass is 241 g/mol. The fourth-order valence-corrected chi connectivity index (χ4v) is 1.85. The first-order chi connectivity index (χ1) is 7.25. The molecule has 7 heteroatoms. The highest BCUT2D eigenvalue weighted by atomic mass is 35.5. The van der Waals surface area contributed by atoms with Crippen LogP contribution in [0.15, 0.2) is 23.9 Å². The first-order valence-corrected chi connectivity index (χ1v) is 5.55. The van der Waals surface area contributed by atoms with E-state index in [0.717, 1.165) is 10.9 Å². The van der Waals surface area contributed by atoms with Crippen LogP contribution in [0.2, 0.25) is 5.15 Å². The van der Waals surface area contributed by atoms with Gasteiger partial charge in [-0.2, -0.15) is 5.10 Å². The zero-order valence-electron chi connectivity index (χ0n) is 7.96. The molecule has 0 saturated carbocycles. The molecule has 0 bridgehead atoms. The average Bonchev–Trinajstić information content (AvgIpc) is 2.63. The van der Waals surface area contributed by atoms with Crippen LogP contribution in [0.25, 0.3) is 0 Å². The maximum atomic E-state index is 5.63. The van der Waals surface area contributed by atoms with Gasteiger partial charge in [-0.15, -0.1) is 0 Å². The highest BCUT2D eigenvalue weighted by Crippen LogP contribution is 2.18. The number of aryl methyl sites for hydroxylation is 1. The van der Waals surface area contributed by atoms with Crippen molar-refractivity contribution in [2.24, 2.45) is 7.05 Å². The van der Waals surface area contributed by atoms with Gasteiger partial charge in [0.25, 0.3) is 0 Å². The lowest BCUT2D eigenvalue weighted by Gasteiger charge is -1.99. The lowest BCUT2D eigenvalue weighted by Crippen LogP contribution is -1.94. The van der Waals surface area contributed by atoms with Gasteiger partial charge in [0, 0.05) is 12.8 Å². The SMILES string of the molecule is Cn1ncnc1SCc1cnc(Cl)cn1. The number of thioether (sulfide) groups is 1. The maximum absolute atomic E-state index is 5.63. The second-order valence-electron chi connectivity index (χ2n) is 2.79. The van der Waals surface area contributed by atoms with Crippen LogP contribution in [0.1, 0.15) is 5.69 Å². The van der Waals surface area contributed by atoms with Crippen molar-refractivity contribution < 1.29 is 0 Å². The van der Waals surface area contributed by atoms with Crippen LogP contribution >= 0.6 is 23.4 Å². The van der Waals surface area contributed by atoms with Gasteiger partial charge >= 0.3 is 0 Å². The normalized spacial score (nSPS) is 10.5. The molecule has 0 amide bonds. The third kappa shape index (κ3) is 2.66. The standard InChI is InChI=1S/C8H8ClN5S/c1-14-8(12-5-13-14)15-4-6-2-11-7(9)3-10-6/h2-3,5H,4H2,1H3. The summed E-state index contributed by atoms with van der Waals surface area (Å²) in [4.78, 5) is 12.2. The molecule has 0 aliphatic rings. The largest absolute Gasteiger partial charge is 0.256 e. The Balaban J connectivity index is 1.99. The van der Waals surface area contributed by atoms with Crippen molar-refractivity contribution in [3.63, 3.8) is 0 Å². The second kappa shape index (κ2) is 4.59. The first-order valence-electron chi connectivity index (χ1n) is 4.19. The molecule has 0 fully saturated rings. The summed E-state index contributed by atoms with van der Waals surface area (Å²) in [6.45, 7) is 0. The molecule has 2 heterocycles. The number of nitrogens with zero attached hydrogens (tertiary/aromatic N) is 5. The molecule has 0 aliphatic heterocycles. The minimum Gasteiger partial charge on any atom is -0.256 e. The topological polar surface area (TPSA) is 56.5 Å². The number of aromatic nitrogens is 5. The number of rotatable bonds is 3. The summed E-state index contributed by atoms with van der Waals surface area (Å²) in [7, 11) is 1.85. The molecule has 0 atom stereocenters. The van der Waals surface area contributed by atoms with Crippen LogP contribution < -0.4 is 0 Å². The predicted molar refractivity (Wildman–Crippen MR) is 57.6 cm³/mol. The fourth-order valence-electron chi connectivity index (χ4n) is 0.968. The van der Waals surface area contributed by atoms with Crippen LogP contribution in [0, 0.1) is 0 Å². The van der Waals surface area contributed by atoms with E-state index in [1.807, 2.05) is 7.05 Å². The first kappa shape index (κ1) is 10.4. The van der Waals surface area contributed by atoms with Crippen LogP contribution in [-0.4, -0.2) is 24.7 Å². The highest BCUT2D eigenvalue weighted by molar-refractivity contribution is 7.98. The van der Waals surface area contributed by atoms with Crippen LogP contribution in [-0.2, 0) is 12.8 Å². The third-order valence-corrected chi connectivity index (χ3v) is 2.96. The van der Waals surface area contributed by atoms with E-state index in [-0.39, 0.29) is 0 Å². The Morgan fingerprint density at radius 2 is 2.20 bits per heavy atom. The Bertz CT molecular complexity index is 441. The molecule has 0 unspecified atom stereocenters. The molecular formula is C8H8ClN5S. The molecule has 0 spiro atoms.